The molecule has 1 amide bonds. The first-order valence-electron chi connectivity index (χ1n) is 7.90. The van der Waals surface area contributed by atoms with Gasteiger partial charge in [-0.25, -0.2) is 0 Å². The van der Waals surface area contributed by atoms with Crippen molar-refractivity contribution in [2.24, 2.45) is 0 Å². The quantitative estimate of drug-likeness (QED) is 0.873. The van der Waals surface area contributed by atoms with Gasteiger partial charge in [0.15, 0.2) is 0 Å². The van der Waals surface area contributed by atoms with Gasteiger partial charge in [-0.1, -0.05) is 6.07 Å². The number of ether oxygens (including phenoxy) is 1. The normalized spacial score (nSPS) is 10.3. The van der Waals surface area contributed by atoms with Gasteiger partial charge in [-0.05, 0) is 62.7 Å². The van der Waals surface area contributed by atoms with Crippen molar-refractivity contribution < 1.29 is 9.53 Å². The van der Waals surface area contributed by atoms with E-state index < -0.39 is 0 Å². The van der Waals surface area contributed by atoms with Crippen LogP contribution in [0.5, 0.6) is 5.75 Å². The average Bonchev–Trinajstić information content (AvgIpc) is 2.57. The zero-order valence-electron chi connectivity index (χ0n) is 14.2. The first-order valence-corrected chi connectivity index (χ1v) is 7.90. The fraction of sp³-hybridized carbons (Fsp3) is 0.316. The molecular weight excluding hydrogens is 288 g/mol. The van der Waals surface area contributed by atoms with Crippen LogP contribution >= 0.6 is 0 Å². The highest BCUT2D eigenvalue weighted by molar-refractivity contribution is 6.05. The Balaban J connectivity index is 2.17. The van der Waals surface area contributed by atoms with Gasteiger partial charge < -0.3 is 15.0 Å². The van der Waals surface area contributed by atoms with Crippen LogP contribution in [0, 0.1) is 6.92 Å². The Labute approximate surface area is 138 Å². The number of nitrogens with one attached hydrogen (secondary N) is 1. The number of hydrogen-bond donors (Lipinski definition) is 1. The van der Waals surface area contributed by atoms with E-state index in [4.69, 9.17) is 4.74 Å². The number of nitrogens with zero attached hydrogens (tertiary/aromatic N) is 1. The molecule has 2 rings (SSSR count). The van der Waals surface area contributed by atoms with Crippen molar-refractivity contribution in [2.75, 3.05) is 30.4 Å². The van der Waals surface area contributed by atoms with Crippen LogP contribution in [0.15, 0.2) is 42.5 Å². The molecule has 0 radical (unpaired) electrons. The summed E-state index contributed by atoms with van der Waals surface area (Å²) in [6.45, 7) is 8.11. The minimum absolute atomic E-state index is 0.139. The van der Waals surface area contributed by atoms with Gasteiger partial charge in [0.2, 0.25) is 0 Å². The lowest BCUT2D eigenvalue weighted by atomic mass is 10.1. The molecule has 0 unspecified atom stereocenters. The van der Waals surface area contributed by atoms with E-state index in [2.05, 4.69) is 24.1 Å². The van der Waals surface area contributed by atoms with Crippen LogP contribution in [0.2, 0.25) is 0 Å². The molecule has 0 aromatic heterocycles. The summed E-state index contributed by atoms with van der Waals surface area (Å²) in [5.41, 5.74) is 3.51. The van der Waals surface area contributed by atoms with Gasteiger partial charge in [-0.2, -0.15) is 0 Å². The van der Waals surface area contributed by atoms with Gasteiger partial charge in [0, 0.05) is 24.3 Å². The molecular formula is C19H24N2O2. The van der Waals surface area contributed by atoms with E-state index in [1.54, 1.807) is 7.11 Å². The lowest BCUT2D eigenvalue weighted by molar-refractivity contribution is 0.102. The predicted octanol–water partition coefficient (Wildman–Crippen LogP) is 4.10. The first-order chi connectivity index (χ1) is 11.1. The van der Waals surface area contributed by atoms with Crippen molar-refractivity contribution >= 4 is 17.3 Å². The first kappa shape index (κ1) is 16.9. The van der Waals surface area contributed by atoms with Gasteiger partial charge in [0.25, 0.3) is 5.91 Å². The zero-order chi connectivity index (χ0) is 16.8. The summed E-state index contributed by atoms with van der Waals surface area (Å²) in [5.74, 6) is 0.517. The van der Waals surface area contributed by atoms with Crippen LogP contribution in [-0.4, -0.2) is 26.1 Å². The second kappa shape index (κ2) is 7.68. The van der Waals surface area contributed by atoms with Crippen molar-refractivity contribution in [3.8, 4) is 5.75 Å². The van der Waals surface area contributed by atoms with Crippen LogP contribution in [0.4, 0.5) is 11.4 Å². The topological polar surface area (TPSA) is 41.6 Å². The largest absolute Gasteiger partial charge is 0.495 e. The van der Waals surface area contributed by atoms with Crippen LogP contribution in [0.3, 0.4) is 0 Å². The van der Waals surface area contributed by atoms with E-state index in [0.717, 1.165) is 24.3 Å². The third-order valence-corrected chi connectivity index (χ3v) is 3.86. The zero-order valence-corrected chi connectivity index (χ0v) is 14.2. The van der Waals surface area contributed by atoms with E-state index in [1.165, 1.54) is 0 Å². The fourth-order valence-electron chi connectivity index (χ4n) is 2.53. The Morgan fingerprint density at radius 2 is 1.74 bits per heavy atom. The maximum atomic E-state index is 12.4. The van der Waals surface area contributed by atoms with Gasteiger partial charge in [0.05, 0.1) is 12.8 Å². The molecule has 0 spiro atoms. The highest BCUT2D eigenvalue weighted by atomic mass is 16.5. The molecule has 0 saturated carbocycles. The number of carbonyl (C=O) groups excluding carboxylic acids is 1. The monoisotopic (exact) mass is 312 g/mol. The van der Waals surface area contributed by atoms with E-state index >= 15 is 0 Å². The lowest BCUT2D eigenvalue weighted by Crippen LogP contribution is -2.21. The Bertz CT molecular complexity index is 662. The van der Waals surface area contributed by atoms with Gasteiger partial charge in [-0.15, -0.1) is 0 Å². The molecule has 4 heteroatoms. The number of hydrogen-bond acceptors (Lipinski definition) is 3. The number of rotatable bonds is 6. The summed E-state index contributed by atoms with van der Waals surface area (Å²) in [7, 11) is 1.60. The molecule has 23 heavy (non-hydrogen) atoms. The van der Waals surface area contributed by atoms with Crippen LogP contribution < -0.4 is 15.0 Å². The molecule has 2 aromatic rings. The van der Waals surface area contributed by atoms with E-state index in [-0.39, 0.29) is 5.91 Å². The molecule has 1 N–H and O–H groups in total. The van der Waals surface area contributed by atoms with Crippen molar-refractivity contribution in [1.82, 2.24) is 0 Å². The highest BCUT2D eigenvalue weighted by Gasteiger charge is 2.11. The van der Waals surface area contributed by atoms with E-state index in [9.17, 15) is 4.79 Å². The van der Waals surface area contributed by atoms with Crippen molar-refractivity contribution in [1.29, 1.82) is 0 Å². The Morgan fingerprint density at radius 1 is 1.09 bits per heavy atom. The predicted molar refractivity (Wildman–Crippen MR) is 95.7 cm³/mol. The molecule has 0 aliphatic rings. The second-order valence-corrected chi connectivity index (χ2v) is 5.38. The van der Waals surface area contributed by atoms with Crippen molar-refractivity contribution in [2.45, 2.75) is 20.8 Å². The number of anilines is 2. The summed E-state index contributed by atoms with van der Waals surface area (Å²) in [6.07, 6.45) is 0. The maximum absolute atomic E-state index is 12.4. The van der Waals surface area contributed by atoms with Crippen LogP contribution in [0.1, 0.15) is 29.8 Å². The fourth-order valence-corrected chi connectivity index (χ4v) is 2.53. The molecule has 4 nitrogen and oxygen atoms in total. The van der Waals surface area contributed by atoms with Crippen LogP contribution in [-0.2, 0) is 0 Å². The molecule has 0 heterocycles. The number of methoxy groups -OCH3 is 1. The molecule has 122 valence electrons. The summed E-state index contributed by atoms with van der Waals surface area (Å²) < 4.78 is 5.30. The number of carbonyl (C=O) groups is 1. The Morgan fingerprint density at radius 3 is 2.30 bits per heavy atom. The van der Waals surface area contributed by atoms with E-state index in [1.807, 2.05) is 49.4 Å². The number of benzene rings is 2. The molecule has 0 saturated heterocycles. The third-order valence-electron chi connectivity index (χ3n) is 3.86. The Kier molecular flexibility index (Phi) is 5.63. The SMILES string of the molecule is CCN(CC)c1ccc(C(=O)Nc2cc(C)ccc2OC)cc1. The summed E-state index contributed by atoms with van der Waals surface area (Å²) in [4.78, 5) is 14.7. The molecule has 0 aliphatic carbocycles. The van der Waals surface area contributed by atoms with Crippen molar-refractivity contribution in [3.05, 3.63) is 53.6 Å². The lowest BCUT2D eigenvalue weighted by Gasteiger charge is -2.21. The molecule has 0 fully saturated rings. The smallest absolute Gasteiger partial charge is 0.255 e. The maximum Gasteiger partial charge on any atom is 0.255 e. The average molecular weight is 312 g/mol. The molecule has 2 aromatic carbocycles. The molecule has 0 aliphatic heterocycles. The van der Waals surface area contributed by atoms with Gasteiger partial charge in [0.1, 0.15) is 5.75 Å². The summed E-state index contributed by atoms with van der Waals surface area (Å²) in [6, 6.07) is 13.4. The Hall–Kier alpha value is -2.49. The van der Waals surface area contributed by atoms with Gasteiger partial charge >= 0.3 is 0 Å². The molecule has 0 atom stereocenters. The van der Waals surface area contributed by atoms with Crippen molar-refractivity contribution in [3.63, 3.8) is 0 Å². The number of amides is 1. The minimum Gasteiger partial charge on any atom is -0.495 e. The van der Waals surface area contributed by atoms with Gasteiger partial charge in [-0.3, -0.25) is 4.79 Å². The standard InChI is InChI=1S/C19H24N2O2/c1-5-21(6-2)16-10-8-15(9-11-16)19(22)20-17-13-14(3)7-12-18(17)23-4/h7-13H,5-6H2,1-4H3,(H,20,22). The highest BCUT2D eigenvalue weighted by Crippen LogP contribution is 2.26. The third kappa shape index (κ3) is 4.03. The second-order valence-electron chi connectivity index (χ2n) is 5.38. The minimum atomic E-state index is -0.139. The summed E-state index contributed by atoms with van der Waals surface area (Å²) >= 11 is 0. The van der Waals surface area contributed by atoms with E-state index in [0.29, 0.717) is 17.0 Å². The van der Waals surface area contributed by atoms with Crippen LogP contribution in [0.25, 0.3) is 0 Å². The summed E-state index contributed by atoms with van der Waals surface area (Å²) in [5, 5.41) is 2.92. The number of aryl methyl sites for hydroxylation is 1. The molecule has 0 bridgehead atoms.